The van der Waals surface area contributed by atoms with E-state index in [1.54, 1.807) is 12.1 Å². The van der Waals surface area contributed by atoms with E-state index in [0.717, 1.165) is 18.2 Å². The van der Waals surface area contributed by atoms with Gasteiger partial charge in [0.1, 0.15) is 21.2 Å². The fourth-order valence-electron chi connectivity index (χ4n) is 4.03. The fourth-order valence-corrected chi connectivity index (χ4v) is 6.07. The van der Waals surface area contributed by atoms with E-state index in [4.69, 9.17) is 5.73 Å². The molecule has 0 aliphatic rings. The number of aromatic hydroxyl groups is 1. The van der Waals surface area contributed by atoms with Crippen LogP contribution in [-0.2, 0) is 35.1 Å². The van der Waals surface area contributed by atoms with Gasteiger partial charge >= 0.3 is 0 Å². The van der Waals surface area contributed by atoms with Crippen molar-refractivity contribution < 1.29 is 48.8 Å². The van der Waals surface area contributed by atoms with E-state index >= 15 is 0 Å². The second-order valence-electron chi connectivity index (χ2n) is 8.49. The van der Waals surface area contributed by atoms with Crippen LogP contribution in [0.25, 0.3) is 21.5 Å². The lowest BCUT2D eigenvalue weighted by Gasteiger charge is -2.15. The number of carbonyl (C=O) groups is 1. The fraction of sp³-hybridized carbons (Fsp3) is 0.0870. The number of carbonyl (C=O) groups excluding carboxylic acids is 1. The molecule has 4 aromatic rings. The first-order valence-electron chi connectivity index (χ1n) is 11.2. The molecule has 0 atom stereocenters. The molecule has 0 aliphatic carbocycles. The molecule has 1 amide bonds. The van der Waals surface area contributed by atoms with Gasteiger partial charge in [0.25, 0.3) is 30.4 Å². The van der Waals surface area contributed by atoms with E-state index in [-0.39, 0.29) is 29.1 Å². The average molecular weight is 625 g/mol. The van der Waals surface area contributed by atoms with Gasteiger partial charge in [-0.15, -0.1) is 10.2 Å². The highest BCUT2D eigenvalue weighted by molar-refractivity contribution is 7.86. The Bertz CT molecular complexity index is 2090. The van der Waals surface area contributed by atoms with Crippen molar-refractivity contribution in [3.8, 4) is 5.75 Å². The quantitative estimate of drug-likeness (QED) is 0.122. The third-order valence-electron chi connectivity index (χ3n) is 5.72. The molecule has 0 saturated heterocycles. The number of rotatable bonds is 8. The van der Waals surface area contributed by atoms with Crippen LogP contribution in [-0.4, -0.2) is 56.5 Å². The van der Waals surface area contributed by atoms with E-state index in [1.165, 1.54) is 18.2 Å². The molecule has 4 aromatic carbocycles. The SMILES string of the molecule is NCCC(=O)Nc1cc(S(=O)(=O)O)cc2cc(S(=O)(=O)O)c(N=Nc3ccc4ccccc4c3S(=O)(=O)O)c(O)c12. The standard InChI is InChI=1S/C23H20N4O11S3/c24-8-7-19(28)25-17-11-14(39(30,31)32)9-13-10-18(40(33,34)35)21(22(29)20(13)17)27-26-16-6-5-12-3-1-2-4-15(12)23(16)41(36,37)38/h1-6,9-11,29H,7-8,24H2,(H,25,28)(H,30,31,32)(H,33,34,35)(H,36,37,38). The molecule has 0 saturated carbocycles. The second-order valence-corrected chi connectivity index (χ2v) is 12.7. The predicted octanol–water partition coefficient (Wildman–Crippen LogP) is 3.14. The van der Waals surface area contributed by atoms with Crippen molar-refractivity contribution >= 4 is 74.9 Å². The van der Waals surface area contributed by atoms with Crippen LogP contribution in [0.4, 0.5) is 17.1 Å². The summed E-state index contributed by atoms with van der Waals surface area (Å²) in [5, 5.41) is 20.5. The van der Waals surface area contributed by atoms with Gasteiger partial charge in [-0.25, -0.2) is 0 Å². The van der Waals surface area contributed by atoms with Crippen LogP contribution in [0.5, 0.6) is 5.75 Å². The molecule has 18 heteroatoms. The van der Waals surface area contributed by atoms with Gasteiger partial charge in [-0.05, 0) is 35.0 Å². The molecule has 0 aliphatic heterocycles. The van der Waals surface area contributed by atoms with Crippen molar-refractivity contribution in [3.05, 3.63) is 54.6 Å². The summed E-state index contributed by atoms with van der Waals surface area (Å²) in [6.45, 7) is -0.109. The Morgan fingerprint density at radius 3 is 2.12 bits per heavy atom. The number of nitrogens with zero attached hydrogens (tertiary/aromatic N) is 2. The Morgan fingerprint density at radius 2 is 1.51 bits per heavy atom. The van der Waals surface area contributed by atoms with Gasteiger partial charge in [-0.2, -0.15) is 25.3 Å². The highest BCUT2D eigenvalue weighted by Gasteiger charge is 2.26. The topological polar surface area (TPSA) is 263 Å². The zero-order chi connectivity index (χ0) is 30.3. The molecule has 0 spiro atoms. The molecule has 0 fully saturated rings. The number of hydrogen-bond donors (Lipinski definition) is 6. The third-order valence-corrected chi connectivity index (χ3v) is 8.36. The maximum Gasteiger partial charge on any atom is 0.297 e. The van der Waals surface area contributed by atoms with Crippen molar-refractivity contribution in [2.45, 2.75) is 21.1 Å². The first-order chi connectivity index (χ1) is 19.0. The van der Waals surface area contributed by atoms with Crippen LogP contribution in [0.1, 0.15) is 6.42 Å². The Hall–Kier alpha value is -4.04. The molecular formula is C23H20N4O11S3. The van der Waals surface area contributed by atoms with E-state index in [2.05, 4.69) is 15.5 Å². The average Bonchev–Trinajstić information content (AvgIpc) is 2.85. The van der Waals surface area contributed by atoms with Crippen LogP contribution >= 0.6 is 0 Å². The zero-order valence-corrected chi connectivity index (χ0v) is 22.9. The monoisotopic (exact) mass is 624 g/mol. The number of nitrogens with two attached hydrogens (primary N) is 1. The number of fused-ring (bicyclic) bond motifs is 2. The smallest absolute Gasteiger partial charge is 0.297 e. The molecule has 7 N–H and O–H groups in total. The van der Waals surface area contributed by atoms with Crippen LogP contribution in [0.15, 0.2) is 79.5 Å². The van der Waals surface area contributed by atoms with E-state index < -0.39 is 73.8 Å². The first-order valence-corrected chi connectivity index (χ1v) is 15.5. The summed E-state index contributed by atoms with van der Waals surface area (Å²) >= 11 is 0. The van der Waals surface area contributed by atoms with Gasteiger partial charge in [-0.3, -0.25) is 18.5 Å². The van der Waals surface area contributed by atoms with Crippen molar-refractivity contribution in [3.63, 3.8) is 0 Å². The Balaban J connectivity index is 2.06. The number of phenolic OH excluding ortho intramolecular Hbond substituents is 1. The lowest BCUT2D eigenvalue weighted by Crippen LogP contribution is -2.16. The third kappa shape index (κ3) is 6.17. The Labute approximate surface area is 232 Å². The minimum atomic E-state index is -5.22. The van der Waals surface area contributed by atoms with Crippen LogP contribution in [0, 0.1) is 0 Å². The molecule has 15 nitrogen and oxygen atoms in total. The number of phenols is 1. The molecule has 0 radical (unpaired) electrons. The highest BCUT2D eigenvalue weighted by Crippen LogP contribution is 2.45. The summed E-state index contributed by atoms with van der Waals surface area (Å²) in [4.78, 5) is 9.68. The van der Waals surface area contributed by atoms with E-state index in [0.29, 0.717) is 11.5 Å². The molecule has 0 heterocycles. The van der Waals surface area contributed by atoms with Gasteiger partial charge in [0, 0.05) is 23.7 Å². The number of azo groups is 1. The molecule has 41 heavy (non-hydrogen) atoms. The first kappa shape index (κ1) is 29.9. The molecular weight excluding hydrogens is 604 g/mol. The molecule has 0 unspecified atom stereocenters. The van der Waals surface area contributed by atoms with Gasteiger partial charge < -0.3 is 16.2 Å². The number of anilines is 1. The summed E-state index contributed by atoms with van der Waals surface area (Å²) in [5.41, 5.74) is 3.56. The molecule has 216 valence electrons. The van der Waals surface area contributed by atoms with Gasteiger partial charge in [0.15, 0.2) is 5.75 Å². The normalized spacial score (nSPS) is 12.8. The van der Waals surface area contributed by atoms with Gasteiger partial charge in [-0.1, -0.05) is 30.3 Å². The summed E-state index contributed by atoms with van der Waals surface area (Å²) in [6, 6.07) is 10.8. The van der Waals surface area contributed by atoms with Crippen LogP contribution in [0.3, 0.4) is 0 Å². The lowest BCUT2D eigenvalue weighted by atomic mass is 10.1. The lowest BCUT2D eigenvalue weighted by molar-refractivity contribution is -0.116. The number of nitrogens with one attached hydrogen (secondary N) is 1. The van der Waals surface area contributed by atoms with Crippen LogP contribution < -0.4 is 11.1 Å². The minimum absolute atomic E-state index is 0.0480. The van der Waals surface area contributed by atoms with Gasteiger partial charge in [0.2, 0.25) is 5.91 Å². The van der Waals surface area contributed by atoms with Crippen molar-refractivity contribution in [2.75, 3.05) is 11.9 Å². The molecule has 0 bridgehead atoms. The van der Waals surface area contributed by atoms with E-state index in [9.17, 15) is 48.8 Å². The number of hydrogen-bond acceptors (Lipinski definition) is 11. The summed E-state index contributed by atoms with van der Waals surface area (Å²) in [5.74, 6) is -1.77. The van der Waals surface area contributed by atoms with E-state index in [1.807, 2.05) is 0 Å². The molecule has 4 rings (SSSR count). The van der Waals surface area contributed by atoms with Crippen molar-refractivity contribution in [1.29, 1.82) is 0 Å². The predicted molar refractivity (Wildman–Crippen MR) is 145 cm³/mol. The zero-order valence-electron chi connectivity index (χ0n) is 20.5. The van der Waals surface area contributed by atoms with Crippen LogP contribution in [0.2, 0.25) is 0 Å². The number of amides is 1. The minimum Gasteiger partial charge on any atom is -0.505 e. The summed E-state index contributed by atoms with van der Waals surface area (Å²) < 4.78 is 102. The van der Waals surface area contributed by atoms with Crippen molar-refractivity contribution in [2.24, 2.45) is 16.0 Å². The Kier molecular flexibility index (Phi) is 7.84. The maximum absolute atomic E-state index is 12.2. The second kappa shape index (κ2) is 10.7. The number of benzene rings is 4. The summed E-state index contributed by atoms with van der Waals surface area (Å²) in [7, 11) is -15.0. The molecule has 0 aromatic heterocycles. The summed E-state index contributed by atoms with van der Waals surface area (Å²) in [6.07, 6.45) is -0.242. The Morgan fingerprint density at radius 1 is 0.829 bits per heavy atom. The van der Waals surface area contributed by atoms with Gasteiger partial charge in [0.05, 0.1) is 10.6 Å². The van der Waals surface area contributed by atoms with Crippen molar-refractivity contribution in [1.82, 2.24) is 0 Å². The largest absolute Gasteiger partial charge is 0.505 e. The maximum atomic E-state index is 12.2. The highest BCUT2D eigenvalue weighted by atomic mass is 32.2.